The molecule has 0 aliphatic carbocycles. The third-order valence-corrected chi connectivity index (χ3v) is 7.85. The SMILES string of the molecule is CCOc1cccc([C@H]2N(c3ccc(C)cc3)N=C(C(C)=O)N2c2ccc(C)c(C)c2)c1OCc1ccc(Cl)cc1Cl. The van der Waals surface area contributed by atoms with Crippen molar-refractivity contribution in [3.63, 3.8) is 0 Å². The fourth-order valence-corrected chi connectivity index (χ4v) is 5.39. The highest BCUT2D eigenvalue weighted by atomic mass is 35.5. The van der Waals surface area contributed by atoms with Crippen LogP contribution in [-0.4, -0.2) is 18.2 Å². The number of rotatable bonds is 9. The van der Waals surface area contributed by atoms with Gasteiger partial charge in [0.1, 0.15) is 6.61 Å². The van der Waals surface area contributed by atoms with Crippen LogP contribution in [0.3, 0.4) is 0 Å². The number of para-hydroxylation sites is 1. The summed E-state index contributed by atoms with van der Waals surface area (Å²) in [5.41, 5.74) is 6.65. The lowest BCUT2D eigenvalue weighted by atomic mass is 10.0. The second-order valence-electron chi connectivity index (χ2n) is 10.3. The molecule has 42 heavy (non-hydrogen) atoms. The van der Waals surface area contributed by atoms with E-state index in [1.54, 1.807) is 19.1 Å². The summed E-state index contributed by atoms with van der Waals surface area (Å²) in [5, 5.41) is 7.85. The van der Waals surface area contributed by atoms with Crippen LogP contribution in [0.1, 0.15) is 47.8 Å². The zero-order valence-electron chi connectivity index (χ0n) is 24.3. The highest BCUT2D eigenvalue weighted by Gasteiger charge is 2.41. The maximum absolute atomic E-state index is 13.1. The number of benzene rings is 4. The highest BCUT2D eigenvalue weighted by molar-refractivity contribution is 6.44. The van der Waals surface area contributed by atoms with E-state index < -0.39 is 6.17 Å². The summed E-state index contributed by atoms with van der Waals surface area (Å²) >= 11 is 12.6. The Morgan fingerprint density at radius 2 is 1.62 bits per heavy atom. The van der Waals surface area contributed by atoms with E-state index in [1.165, 1.54) is 0 Å². The molecule has 8 heteroatoms. The number of hydrogen-bond donors (Lipinski definition) is 0. The van der Waals surface area contributed by atoms with Crippen molar-refractivity contribution >= 4 is 46.2 Å². The molecule has 1 aliphatic rings. The number of aryl methyl sites for hydroxylation is 3. The Morgan fingerprint density at radius 1 is 0.881 bits per heavy atom. The number of ether oxygens (including phenoxy) is 2. The van der Waals surface area contributed by atoms with Crippen LogP contribution in [-0.2, 0) is 11.4 Å². The average molecular weight is 603 g/mol. The van der Waals surface area contributed by atoms with E-state index in [0.29, 0.717) is 34.0 Å². The quantitative estimate of drug-likeness (QED) is 0.192. The van der Waals surface area contributed by atoms with Gasteiger partial charge in [-0.05, 0) is 81.3 Å². The first kappa shape index (κ1) is 29.5. The van der Waals surface area contributed by atoms with Gasteiger partial charge in [0.15, 0.2) is 29.3 Å². The smallest absolute Gasteiger partial charge is 0.198 e. The van der Waals surface area contributed by atoms with Gasteiger partial charge in [0.25, 0.3) is 0 Å². The van der Waals surface area contributed by atoms with Crippen LogP contribution in [0.5, 0.6) is 11.5 Å². The summed E-state index contributed by atoms with van der Waals surface area (Å²) in [4.78, 5) is 15.1. The lowest BCUT2D eigenvalue weighted by molar-refractivity contribution is -0.111. The van der Waals surface area contributed by atoms with Crippen LogP contribution < -0.4 is 19.4 Å². The number of carbonyl (C=O) groups excluding carboxylic acids is 1. The minimum absolute atomic E-state index is 0.149. The molecular formula is C34H33Cl2N3O3. The molecule has 1 atom stereocenters. The predicted molar refractivity (Wildman–Crippen MR) is 171 cm³/mol. The molecule has 0 aromatic heterocycles. The van der Waals surface area contributed by atoms with Crippen molar-refractivity contribution in [2.24, 2.45) is 5.10 Å². The van der Waals surface area contributed by atoms with E-state index in [-0.39, 0.29) is 12.4 Å². The minimum atomic E-state index is -0.551. The largest absolute Gasteiger partial charge is 0.490 e. The molecule has 0 spiro atoms. The standard InChI is InChI=1S/C34H33Cl2N3O3/c1-6-41-31-9-7-8-29(32(31)42-20-25-13-14-26(35)19-30(25)36)34-38(28-17-12-22(3)23(4)18-28)33(24(5)40)37-39(34)27-15-10-21(2)11-16-27/h7-19,34H,6,20H2,1-5H3/t34-/m1/s1. The number of hydrazone groups is 1. The van der Waals surface area contributed by atoms with Crippen molar-refractivity contribution in [3.05, 3.63) is 117 Å². The minimum Gasteiger partial charge on any atom is -0.490 e. The van der Waals surface area contributed by atoms with Crippen molar-refractivity contribution in [2.45, 2.75) is 47.4 Å². The molecule has 0 fully saturated rings. The Morgan fingerprint density at radius 3 is 2.29 bits per heavy atom. The molecule has 1 heterocycles. The number of anilines is 2. The van der Waals surface area contributed by atoms with Gasteiger partial charge in [-0.3, -0.25) is 9.69 Å². The summed E-state index contributed by atoms with van der Waals surface area (Å²) in [6.07, 6.45) is -0.551. The number of carbonyl (C=O) groups is 1. The molecule has 1 aliphatic heterocycles. The fraction of sp³-hybridized carbons (Fsp3) is 0.235. The molecule has 5 rings (SSSR count). The van der Waals surface area contributed by atoms with Crippen molar-refractivity contribution in [3.8, 4) is 11.5 Å². The van der Waals surface area contributed by atoms with E-state index in [0.717, 1.165) is 39.2 Å². The Labute approximate surface area is 257 Å². The first-order chi connectivity index (χ1) is 20.2. The van der Waals surface area contributed by atoms with Crippen molar-refractivity contribution in [1.29, 1.82) is 0 Å². The van der Waals surface area contributed by atoms with Gasteiger partial charge in [-0.1, -0.05) is 65.2 Å². The Hall–Kier alpha value is -4.00. The van der Waals surface area contributed by atoms with Crippen molar-refractivity contribution < 1.29 is 14.3 Å². The van der Waals surface area contributed by atoms with Gasteiger partial charge in [-0.15, -0.1) is 5.10 Å². The molecule has 0 bridgehead atoms. The lowest BCUT2D eigenvalue weighted by Crippen LogP contribution is -2.38. The van der Waals surface area contributed by atoms with Gasteiger partial charge in [0.2, 0.25) is 0 Å². The van der Waals surface area contributed by atoms with Gasteiger partial charge in [-0.25, -0.2) is 5.01 Å². The fourth-order valence-electron chi connectivity index (χ4n) is 4.92. The number of Topliss-reactive ketones (excluding diaryl/α,β-unsaturated/α-hetero) is 1. The summed E-state index contributed by atoms with van der Waals surface area (Å²) in [6.45, 7) is 10.3. The summed E-state index contributed by atoms with van der Waals surface area (Å²) in [7, 11) is 0. The van der Waals surface area contributed by atoms with E-state index in [9.17, 15) is 4.79 Å². The molecule has 4 aromatic carbocycles. The van der Waals surface area contributed by atoms with Gasteiger partial charge < -0.3 is 9.47 Å². The van der Waals surface area contributed by atoms with E-state index in [1.807, 2.05) is 78.4 Å². The van der Waals surface area contributed by atoms with E-state index in [2.05, 4.69) is 26.0 Å². The molecule has 0 amide bonds. The summed E-state index contributed by atoms with van der Waals surface area (Å²) < 4.78 is 12.6. The first-order valence-corrected chi connectivity index (χ1v) is 14.6. The highest BCUT2D eigenvalue weighted by Crippen LogP contribution is 2.45. The predicted octanol–water partition coefficient (Wildman–Crippen LogP) is 8.82. The lowest BCUT2D eigenvalue weighted by Gasteiger charge is -2.33. The van der Waals surface area contributed by atoms with Crippen LogP contribution in [0.2, 0.25) is 10.0 Å². The third-order valence-electron chi connectivity index (χ3n) is 7.26. The number of nitrogens with zero attached hydrogens (tertiary/aromatic N) is 3. The zero-order chi connectivity index (χ0) is 30.0. The molecule has 0 saturated heterocycles. The Bertz CT molecular complexity index is 1650. The first-order valence-electron chi connectivity index (χ1n) is 13.8. The van der Waals surface area contributed by atoms with Crippen LogP contribution >= 0.6 is 23.2 Å². The molecule has 0 saturated carbocycles. The molecule has 6 nitrogen and oxygen atoms in total. The van der Waals surface area contributed by atoms with Crippen LogP contribution in [0.4, 0.5) is 11.4 Å². The molecule has 216 valence electrons. The number of hydrogen-bond acceptors (Lipinski definition) is 6. The van der Waals surface area contributed by atoms with Gasteiger partial charge in [0, 0.05) is 33.8 Å². The van der Waals surface area contributed by atoms with Gasteiger partial charge in [0.05, 0.1) is 12.3 Å². The van der Waals surface area contributed by atoms with E-state index in [4.69, 9.17) is 37.8 Å². The monoisotopic (exact) mass is 601 g/mol. The van der Waals surface area contributed by atoms with Crippen molar-refractivity contribution in [1.82, 2.24) is 0 Å². The Kier molecular flexibility index (Phi) is 8.76. The van der Waals surface area contributed by atoms with Crippen LogP contribution in [0.15, 0.2) is 84.0 Å². The number of amidine groups is 1. The van der Waals surface area contributed by atoms with Crippen LogP contribution in [0, 0.1) is 20.8 Å². The molecule has 0 unspecified atom stereocenters. The average Bonchev–Trinajstić information content (AvgIpc) is 3.36. The molecule has 0 N–H and O–H groups in total. The molecular weight excluding hydrogens is 569 g/mol. The van der Waals surface area contributed by atoms with Crippen LogP contribution in [0.25, 0.3) is 0 Å². The van der Waals surface area contributed by atoms with E-state index >= 15 is 0 Å². The third kappa shape index (κ3) is 5.96. The van der Waals surface area contributed by atoms with Crippen molar-refractivity contribution in [2.75, 3.05) is 16.5 Å². The summed E-state index contributed by atoms with van der Waals surface area (Å²) in [5.74, 6) is 1.31. The normalized spacial score (nSPS) is 14.6. The number of halogens is 2. The van der Waals surface area contributed by atoms with Gasteiger partial charge in [-0.2, -0.15) is 0 Å². The maximum atomic E-state index is 13.1. The maximum Gasteiger partial charge on any atom is 0.198 e. The second kappa shape index (κ2) is 12.5. The topological polar surface area (TPSA) is 54.4 Å². The second-order valence-corrected chi connectivity index (χ2v) is 11.1. The number of ketones is 1. The molecule has 4 aromatic rings. The molecule has 0 radical (unpaired) electrons. The zero-order valence-corrected chi connectivity index (χ0v) is 25.8. The van der Waals surface area contributed by atoms with Gasteiger partial charge >= 0.3 is 0 Å². The Balaban J connectivity index is 1.69. The summed E-state index contributed by atoms with van der Waals surface area (Å²) in [6, 6.07) is 25.4.